The number of benzene rings is 2. The van der Waals surface area contributed by atoms with E-state index in [2.05, 4.69) is 14.9 Å². The quantitative estimate of drug-likeness (QED) is 0.624. The third kappa shape index (κ3) is 3.82. The van der Waals surface area contributed by atoms with Crippen molar-refractivity contribution in [2.45, 2.75) is 19.0 Å². The number of carbonyl (C=O) groups excluding carboxylic acids is 1. The van der Waals surface area contributed by atoms with Gasteiger partial charge in [0.15, 0.2) is 0 Å². The Bertz CT molecular complexity index is 994. The summed E-state index contributed by atoms with van der Waals surface area (Å²) < 4.78 is 34.5. The second-order valence-corrected chi connectivity index (χ2v) is 6.68. The standard InChI is InChI=1S/C19H14ClF2N3O3/c20-13-4-6-14(7-5-13)25-10-12(9-16(25)26)18-23-17(24-28-18)11-2-1-3-15(8-11)27-19(21)22/h1-8,12,19H,9-10H2. The molecule has 0 radical (unpaired) electrons. The van der Waals surface area contributed by atoms with Crippen molar-refractivity contribution in [3.63, 3.8) is 0 Å². The zero-order valence-electron chi connectivity index (χ0n) is 14.4. The average molecular weight is 406 g/mol. The maximum atomic E-state index is 12.4. The molecule has 1 aliphatic heterocycles. The topological polar surface area (TPSA) is 68.5 Å². The fourth-order valence-corrected chi connectivity index (χ4v) is 3.20. The van der Waals surface area contributed by atoms with Crippen molar-refractivity contribution in [3.8, 4) is 17.1 Å². The van der Waals surface area contributed by atoms with E-state index < -0.39 is 6.61 Å². The van der Waals surface area contributed by atoms with Crippen LogP contribution in [0.4, 0.5) is 14.5 Å². The summed E-state index contributed by atoms with van der Waals surface area (Å²) in [5, 5.41) is 4.50. The van der Waals surface area contributed by atoms with Gasteiger partial charge in [0.05, 0.1) is 5.92 Å². The van der Waals surface area contributed by atoms with E-state index in [4.69, 9.17) is 16.1 Å². The van der Waals surface area contributed by atoms with Crippen molar-refractivity contribution >= 4 is 23.2 Å². The lowest BCUT2D eigenvalue weighted by atomic mass is 10.1. The Morgan fingerprint density at radius 1 is 1.21 bits per heavy atom. The van der Waals surface area contributed by atoms with E-state index in [0.29, 0.717) is 23.0 Å². The molecular weight excluding hydrogens is 392 g/mol. The van der Waals surface area contributed by atoms with Gasteiger partial charge in [-0.3, -0.25) is 4.79 Å². The van der Waals surface area contributed by atoms with Crippen molar-refractivity contribution < 1.29 is 22.8 Å². The zero-order valence-corrected chi connectivity index (χ0v) is 15.1. The highest BCUT2D eigenvalue weighted by Crippen LogP contribution is 2.32. The lowest BCUT2D eigenvalue weighted by molar-refractivity contribution is -0.117. The number of ether oxygens (including phenoxy) is 1. The number of aromatic nitrogens is 2. The van der Waals surface area contributed by atoms with Crippen LogP contribution in [-0.2, 0) is 4.79 Å². The van der Waals surface area contributed by atoms with E-state index in [0.717, 1.165) is 5.69 Å². The Morgan fingerprint density at radius 2 is 2.00 bits per heavy atom. The van der Waals surface area contributed by atoms with Gasteiger partial charge in [0.25, 0.3) is 0 Å². The van der Waals surface area contributed by atoms with Crippen LogP contribution in [-0.4, -0.2) is 29.2 Å². The molecule has 0 saturated carbocycles. The lowest BCUT2D eigenvalue weighted by Crippen LogP contribution is -2.24. The molecule has 9 heteroatoms. The van der Waals surface area contributed by atoms with Crippen molar-refractivity contribution in [2.75, 3.05) is 11.4 Å². The van der Waals surface area contributed by atoms with Crippen LogP contribution in [0, 0.1) is 0 Å². The number of halogens is 3. The van der Waals surface area contributed by atoms with Gasteiger partial charge in [-0.1, -0.05) is 28.9 Å². The van der Waals surface area contributed by atoms with Crippen LogP contribution < -0.4 is 9.64 Å². The van der Waals surface area contributed by atoms with Crippen LogP contribution in [0.1, 0.15) is 18.2 Å². The Labute approximate surface area is 163 Å². The molecule has 1 fully saturated rings. The minimum atomic E-state index is -2.92. The highest BCUT2D eigenvalue weighted by molar-refractivity contribution is 6.30. The Kier molecular flexibility index (Phi) is 4.95. The van der Waals surface area contributed by atoms with Gasteiger partial charge in [-0.15, -0.1) is 0 Å². The van der Waals surface area contributed by atoms with Crippen LogP contribution in [0.2, 0.25) is 5.02 Å². The molecule has 1 saturated heterocycles. The molecule has 1 unspecified atom stereocenters. The Hall–Kier alpha value is -3.00. The summed E-state index contributed by atoms with van der Waals surface area (Å²) >= 11 is 5.89. The average Bonchev–Trinajstić information content (AvgIpc) is 3.29. The third-order valence-electron chi connectivity index (χ3n) is 4.37. The molecule has 4 rings (SSSR count). The van der Waals surface area contributed by atoms with Gasteiger partial charge >= 0.3 is 6.61 Å². The SMILES string of the molecule is O=C1CC(c2nc(-c3cccc(OC(F)F)c3)no2)CN1c1ccc(Cl)cc1. The number of hydrogen-bond acceptors (Lipinski definition) is 5. The predicted octanol–water partition coefficient (Wildman–Crippen LogP) is 4.51. The molecule has 0 aliphatic carbocycles. The number of amides is 1. The summed E-state index contributed by atoms with van der Waals surface area (Å²) in [7, 11) is 0. The summed E-state index contributed by atoms with van der Waals surface area (Å²) in [4.78, 5) is 18.4. The Balaban J connectivity index is 1.52. The second-order valence-electron chi connectivity index (χ2n) is 6.24. The van der Waals surface area contributed by atoms with E-state index in [1.54, 1.807) is 41.3 Å². The molecule has 1 amide bonds. The summed E-state index contributed by atoms with van der Waals surface area (Å²) in [5.41, 5.74) is 1.22. The number of rotatable bonds is 5. The number of anilines is 1. The molecule has 6 nitrogen and oxygen atoms in total. The van der Waals surface area contributed by atoms with Gasteiger partial charge < -0.3 is 14.2 Å². The molecule has 144 valence electrons. The van der Waals surface area contributed by atoms with Crippen LogP contribution in [0.5, 0.6) is 5.75 Å². The van der Waals surface area contributed by atoms with Gasteiger partial charge in [-0.2, -0.15) is 13.8 Å². The van der Waals surface area contributed by atoms with Crippen molar-refractivity contribution in [1.29, 1.82) is 0 Å². The lowest BCUT2D eigenvalue weighted by Gasteiger charge is -2.15. The first-order valence-corrected chi connectivity index (χ1v) is 8.82. The van der Waals surface area contributed by atoms with Crippen LogP contribution in [0.3, 0.4) is 0 Å². The van der Waals surface area contributed by atoms with Gasteiger partial charge in [-0.05, 0) is 36.4 Å². The minimum absolute atomic E-state index is 0.00353. The second kappa shape index (κ2) is 7.55. The summed E-state index contributed by atoms with van der Waals surface area (Å²) in [6.07, 6.45) is 0.235. The molecule has 2 heterocycles. The third-order valence-corrected chi connectivity index (χ3v) is 4.62. The molecule has 0 bridgehead atoms. The molecule has 2 aromatic carbocycles. The van der Waals surface area contributed by atoms with Gasteiger partial charge in [0, 0.05) is 29.2 Å². The number of carbonyl (C=O) groups is 1. The normalized spacial score (nSPS) is 16.8. The maximum Gasteiger partial charge on any atom is 0.387 e. The fourth-order valence-electron chi connectivity index (χ4n) is 3.07. The van der Waals surface area contributed by atoms with Gasteiger partial charge in [-0.25, -0.2) is 0 Å². The number of hydrogen-bond donors (Lipinski definition) is 0. The molecule has 0 N–H and O–H groups in total. The van der Waals surface area contributed by atoms with E-state index in [-0.39, 0.29) is 29.8 Å². The van der Waals surface area contributed by atoms with E-state index in [9.17, 15) is 13.6 Å². The molecular formula is C19H14ClF2N3O3. The molecule has 1 aromatic heterocycles. The molecule has 1 aliphatic rings. The van der Waals surface area contributed by atoms with Crippen molar-refractivity contribution in [2.24, 2.45) is 0 Å². The number of alkyl halides is 2. The monoisotopic (exact) mass is 405 g/mol. The van der Waals surface area contributed by atoms with E-state index >= 15 is 0 Å². The molecule has 28 heavy (non-hydrogen) atoms. The van der Waals surface area contributed by atoms with Crippen molar-refractivity contribution in [3.05, 3.63) is 59.4 Å². The first-order valence-electron chi connectivity index (χ1n) is 8.44. The fraction of sp³-hybridized carbons (Fsp3) is 0.211. The maximum absolute atomic E-state index is 12.4. The first kappa shape index (κ1) is 18.4. The summed E-state index contributed by atoms with van der Waals surface area (Å²) in [5.74, 6) is 0.250. The Morgan fingerprint density at radius 3 is 2.75 bits per heavy atom. The van der Waals surface area contributed by atoms with Gasteiger partial charge in [0.2, 0.25) is 17.6 Å². The number of nitrogens with zero attached hydrogens (tertiary/aromatic N) is 3. The summed E-state index contributed by atoms with van der Waals surface area (Å²) in [6, 6.07) is 13.0. The van der Waals surface area contributed by atoms with Crippen LogP contribution >= 0.6 is 11.6 Å². The first-order chi connectivity index (χ1) is 13.5. The van der Waals surface area contributed by atoms with E-state index in [1.807, 2.05) is 0 Å². The summed E-state index contributed by atoms with van der Waals surface area (Å²) in [6.45, 7) is -2.52. The largest absolute Gasteiger partial charge is 0.435 e. The predicted molar refractivity (Wildman–Crippen MR) is 97.5 cm³/mol. The zero-order chi connectivity index (χ0) is 19.7. The molecule has 0 spiro atoms. The van der Waals surface area contributed by atoms with E-state index in [1.165, 1.54) is 12.1 Å². The van der Waals surface area contributed by atoms with Crippen LogP contribution in [0.15, 0.2) is 53.1 Å². The van der Waals surface area contributed by atoms with Crippen LogP contribution in [0.25, 0.3) is 11.4 Å². The highest BCUT2D eigenvalue weighted by atomic mass is 35.5. The highest BCUT2D eigenvalue weighted by Gasteiger charge is 2.35. The minimum Gasteiger partial charge on any atom is -0.435 e. The molecule has 1 atom stereocenters. The smallest absolute Gasteiger partial charge is 0.387 e. The van der Waals surface area contributed by atoms with Crippen molar-refractivity contribution in [1.82, 2.24) is 10.1 Å². The molecule has 3 aromatic rings. The van der Waals surface area contributed by atoms with Gasteiger partial charge in [0.1, 0.15) is 5.75 Å².